The van der Waals surface area contributed by atoms with E-state index in [4.69, 9.17) is 5.84 Å². The second-order valence-corrected chi connectivity index (χ2v) is 1.05. The number of hydrazine groups is 1. The summed E-state index contributed by atoms with van der Waals surface area (Å²) in [4.78, 5) is 0. The van der Waals surface area contributed by atoms with Crippen LogP contribution >= 0.6 is 12.2 Å². The lowest BCUT2D eigenvalue weighted by atomic mass is 11.2. The van der Waals surface area contributed by atoms with E-state index in [1.54, 1.807) is 0 Å². The van der Waals surface area contributed by atoms with Gasteiger partial charge in [0, 0.05) is 0 Å². The number of nitrogens with zero attached hydrogens (tertiary/aromatic N) is 2. The van der Waals surface area contributed by atoms with Crippen molar-refractivity contribution < 1.29 is 0 Å². The Balaban J connectivity index is 3.37. The third kappa shape index (κ3) is 3.07. The molecule has 40 valence electrons. The Morgan fingerprint density at radius 3 is 2.43 bits per heavy atom. The number of hydrogen-bond donors (Lipinski definition) is 3. The molecule has 0 aromatic rings. The van der Waals surface area contributed by atoms with Crippen LogP contribution in [0.3, 0.4) is 0 Å². The van der Waals surface area contributed by atoms with E-state index in [1.165, 1.54) is 0 Å². The molecule has 0 bridgehead atoms. The van der Waals surface area contributed by atoms with E-state index >= 15 is 0 Å². The Kier molecular flexibility index (Phi) is 3.07. The van der Waals surface area contributed by atoms with Crippen LogP contribution in [0.2, 0.25) is 0 Å². The van der Waals surface area contributed by atoms with E-state index in [1.807, 2.05) is 0 Å². The van der Waals surface area contributed by atoms with E-state index in [2.05, 4.69) is 33.8 Å². The van der Waals surface area contributed by atoms with Crippen molar-refractivity contribution in [1.82, 2.24) is 5.43 Å². The van der Waals surface area contributed by atoms with Gasteiger partial charge in [0.2, 0.25) is 5.11 Å². The number of rotatable bonds is 0. The molecule has 0 aliphatic heterocycles. The van der Waals surface area contributed by atoms with Crippen molar-refractivity contribution in [2.75, 3.05) is 0 Å². The molecule has 6 heteroatoms. The zero-order chi connectivity index (χ0) is 5.70. The molecule has 0 unspecified atom stereocenters. The molecular weight excluding hydrogens is 114 g/mol. The molecule has 0 saturated heterocycles. The van der Waals surface area contributed by atoms with Gasteiger partial charge in [0.05, 0.1) is 0 Å². The second kappa shape index (κ2) is 3.44. The van der Waals surface area contributed by atoms with E-state index < -0.39 is 0 Å². The molecule has 0 amide bonds. The van der Waals surface area contributed by atoms with Gasteiger partial charge < -0.3 is 5.84 Å². The second-order valence-electron chi connectivity index (χ2n) is 0.665. The molecule has 0 aromatic carbocycles. The average molecular weight is 119 g/mol. The summed E-state index contributed by atoms with van der Waals surface area (Å²) in [6, 6.07) is 0. The highest BCUT2D eigenvalue weighted by molar-refractivity contribution is 7.80. The van der Waals surface area contributed by atoms with Crippen molar-refractivity contribution in [2.45, 2.75) is 0 Å². The Hall–Kier alpha value is -0.750. The predicted octanol–water partition coefficient (Wildman–Crippen LogP) is -0.940. The van der Waals surface area contributed by atoms with Gasteiger partial charge in [-0.1, -0.05) is 5.22 Å². The van der Waals surface area contributed by atoms with Crippen LogP contribution in [0.25, 0.3) is 0 Å². The zero-order valence-electron chi connectivity index (χ0n) is 3.46. The summed E-state index contributed by atoms with van der Waals surface area (Å²) < 4.78 is 0. The lowest BCUT2D eigenvalue weighted by Crippen LogP contribution is -2.26. The molecule has 0 heterocycles. The molecule has 5 nitrogen and oxygen atoms in total. The molecule has 0 aromatic heterocycles. The van der Waals surface area contributed by atoms with Gasteiger partial charge in [-0.2, -0.15) is 0 Å². The van der Waals surface area contributed by atoms with Gasteiger partial charge in [-0.15, -0.1) is 5.11 Å². The van der Waals surface area contributed by atoms with Crippen molar-refractivity contribution in [3.05, 3.63) is 0 Å². The largest absolute Gasteiger partial charge is 0.304 e. The molecule has 0 radical (unpaired) electrons. The molecule has 0 saturated carbocycles. The van der Waals surface area contributed by atoms with Crippen molar-refractivity contribution in [3.8, 4) is 0 Å². The van der Waals surface area contributed by atoms with Crippen LogP contribution in [0.15, 0.2) is 10.3 Å². The van der Waals surface area contributed by atoms with Gasteiger partial charge in [-0.3, -0.25) is 5.43 Å². The summed E-state index contributed by atoms with van der Waals surface area (Å²) in [5, 5.41) is 6.06. The first-order chi connectivity index (χ1) is 3.31. The van der Waals surface area contributed by atoms with Gasteiger partial charge in [0.1, 0.15) is 0 Å². The molecular formula is CH5N5S. The molecule has 7 heavy (non-hydrogen) atoms. The molecule has 0 rings (SSSR count). The van der Waals surface area contributed by atoms with Crippen LogP contribution in [-0.4, -0.2) is 5.11 Å². The fraction of sp³-hybridized carbons (Fsp3) is 0. The average Bonchev–Trinajstić information content (AvgIpc) is 1.68. The monoisotopic (exact) mass is 119 g/mol. The molecule has 0 aliphatic carbocycles. The standard InChI is InChI=1S/CH5N5S/c2-4-1(7)5-6-3/h2H2,(H3,3,4,5,7). The summed E-state index contributed by atoms with van der Waals surface area (Å²) in [5.41, 5.74) is 2.06. The SMILES string of the molecule is NN=NC(=S)NN. The maximum absolute atomic E-state index is 4.76. The van der Waals surface area contributed by atoms with Gasteiger partial charge in [0.25, 0.3) is 0 Å². The number of hydrogen-bond acceptors (Lipinski definition) is 3. The summed E-state index contributed by atoms with van der Waals surface area (Å²) >= 11 is 4.38. The van der Waals surface area contributed by atoms with Crippen LogP contribution in [-0.2, 0) is 0 Å². The highest BCUT2D eigenvalue weighted by Crippen LogP contribution is 1.67. The zero-order valence-corrected chi connectivity index (χ0v) is 4.27. The van der Waals surface area contributed by atoms with Crippen LogP contribution in [0, 0.1) is 0 Å². The van der Waals surface area contributed by atoms with Crippen LogP contribution in [0.4, 0.5) is 0 Å². The smallest absolute Gasteiger partial charge is 0.229 e. The van der Waals surface area contributed by atoms with E-state index in [0.29, 0.717) is 0 Å². The van der Waals surface area contributed by atoms with Gasteiger partial charge in [0.15, 0.2) is 0 Å². The summed E-state index contributed by atoms with van der Waals surface area (Å²) in [7, 11) is 0. The Morgan fingerprint density at radius 2 is 2.29 bits per heavy atom. The quantitative estimate of drug-likeness (QED) is 0.166. The molecule has 0 aliphatic rings. The molecule has 0 spiro atoms. The Labute approximate surface area is 45.7 Å². The summed E-state index contributed by atoms with van der Waals surface area (Å²) in [6.45, 7) is 0. The number of nitrogens with two attached hydrogens (primary N) is 2. The summed E-state index contributed by atoms with van der Waals surface area (Å²) in [5.74, 6) is 9.34. The minimum atomic E-state index is 0.0718. The highest BCUT2D eigenvalue weighted by Gasteiger charge is 1.79. The fourth-order valence-electron chi connectivity index (χ4n) is 0.0813. The third-order valence-electron chi connectivity index (χ3n) is 0.272. The molecule has 0 atom stereocenters. The van der Waals surface area contributed by atoms with Crippen molar-refractivity contribution in [1.29, 1.82) is 0 Å². The van der Waals surface area contributed by atoms with Gasteiger partial charge >= 0.3 is 0 Å². The minimum Gasteiger partial charge on any atom is -0.304 e. The number of nitrogens with one attached hydrogen (secondary N) is 1. The van der Waals surface area contributed by atoms with Crippen LogP contribution in [0.1, 0.15) is 0 Å². The normalized spacial score (nSPS) is 9.29. The maximum Gasteiger partial charge on any atom is 0.229 e. The maximum atomic E-state index is 4.76. The highest BCUT2D eigenvalue weighted by atomic mass is 32.1. The molecule has 5 N–H and O–H groups in total. The van der Waals surface area contributed by atoms with E-state index in [9.17, 15) is 0 Å². The lowest BCUT2D eigenvalue weighted by molar-refractivity contribution is 0.987. The summed E-state index contributed by atoms with van der Waals surface area (Å²) in [6.07, 6.45) is 0. The topological polar surface area (TPSA) is 88.8 Å². The first-order valence-corrected chi connectivity index (χ1v) is 1.83. The minimum absolute atomic E-state index is 0.0718. The third-order valence-corrected chi connectivity index (χ3v) is 0.472. The van der Waals surface area contributed by atoms with Crippen LogP contribution in [0.5, 0.6) is 0 Å². The number of thiocarbonyl (C=S) groups is 1. The van der Waals surface area contributed by atoms with E-state index in [-0.39, 0.29) is 5.11 Å². The van der Waals surface area contributed by atoms with Crippen molar-refractivity contribution in [3.63, 3.8) is 0 Å². The Bertz CT molecular complexity index is 86.1. The fourth-order valence-corrected chi connectivity index (χ4v) is 0.128. The lowest BCUT2D eigenvalue weighted by Gasteiger charge is -1.86. The van der Waals surface area contributed by atoms with Gasteiger partial charge in [-0.25, -0.2) is 5.84 Å². The predicted molar refractivity (Wildman–Crippen MR) is 29.0 cm³/mol. The Morgan fingerprint density at radius 1 is 1.71 bits per heavy atom. The molecule has 0 fully saturated rings. The van der Waals surface area contributed by atoms with Crippen molar-refractivity contribution >= 4 is 17.3 Å². The first kappa shape index (κ1) is 6.25. The van der Waals surface area contributed by atoms with E-state index in [0.717, 1.165) is 0 Å². The first-order valence-electron chi connectivity index (χ1n) is 1.42. The van der Waals surface area contributed by atoms with Crippen LogP contribution < -0.4 is 17.1 Å². The van der Waals surface area contributed by atoms with Gasteiger partial charge in [-0.05, 0) is 12.2 Å². The van der Waals surface area contributed by atoms with Crippen molar-refractivity contribution in [2.24, 2.45) is 22.0 Å².